The molecule has 3 rings (SSSR count). The van der Waals surface area contributed by atoms with Crippen molar-refractivity contribution in [3.63, 3.8) is 0 Å². The molecule has 5 nitrogen and oxygen atoms in total. The minimum Gasteiger partial charge on any atom is -0.493 e. The van der Waals surface area contributed by atoms with Crippen LogP contribution in [0.5, 0.6) is 11.5 Å². The smallest absolute Gasteiger partial charge is 0.162 e. The molecular weight excluding hydrogens is 347 g/mol. The Bertz CT molecular complexity index is 783. The lowest BCUT2D eigenvalue weighted by molar-refractivity contribution is 0.0316. The number of halogens is 1. The zero-order valence-corrected chi connectivity index (χ0v) is 15.4. The molecule has 0 spiro atoms. The molecule has 0 N–H and O–H groups in total. The average Bonchev–Trinajstić information content (AvgIpc) is 2.72. The summed E-state index contributed by atoms with van der Waals surface area (Å²) in [5.41, 5.74) is 1.40. The second-order valence-electron chi connectivity index (χ2n) is 6.38. The fraction of sp³-hybridized carbons (Fsp3) is 0.381. The standard InChI is InChI=1S/C21H23FN2O3/c1-25-21-14-16(15-23)2-7-20(21)27-19(17-3-5-18(22)6-4-17)8-9-24-10-12-26-13-11-24/h2-7,14,19H,8-13H2,1H3. The van der Waals surface area contributed by atoms with E-state index in [0.29, 0.717) is 17.1 Å². The highest BCUT2D eigenvalue weighted by Crippen LogP contribution is 2.33. The van der Waals surface area contributed by atoms with Gasteiger partial charge >= 0.3 is 0 Å². The molecule has 1 heterocycles. The number of nitrogens with zero attached hydrogens (tertiary/aromatic N) is 2. The number of rotatable bonds is 7. The lowest BCUT2D eigenvalue weighted by atomic mass is 10.1. The summed E-state index contributed by atoms with van der Waals surface area (Å²) in [5, 5.41) is 9.07. The Labute approximate surface area is 158 Å². The van der Waals surface area contributed by atoms with Crippen molar-refractivity contribution in [1.29, 1.82) is 5.26 Å². The first-order chi connectivity index (χ1) is 13.2. The fourth-order valence-corrected chi connectivity index (χ4v) is 3.08. The van der Waals surface area contributed by atoms with Crippen molar-refractivity contribution in [2.45, 2.75) is 12.5 Å². The third kappa shape index (κ3) is 5.19. The zero-order chi connectivity index (χ0) is 19.1. The molecule has 2 aromatic carbocycles. The number of hydrogen-bond acceptors (Lipinski definition) is 5. The van der Waals surface area contributed by atoms with Crippen LogP contribution < -0.4 is 9.47 Å². The lowest BCUT2D eigenvalue weighted by Gasteiger charge is -2.29. The Hall–Kier alpha value is -2.62. The first-order valence-electron chi connectivity index (χ1n) is 9.00. The van der Waals surface area contributed by atoms with Gasteiger partial charge in [0.15, 0.2) is 11.5 Å². The highest BCUT2D eigenvalue weighted by Gasteiger charge is 2.19. The van der Waals surface area contributed by atoms with Crippen LogP contribution in [0.4, 0.5) is 4.39 Å². The first kappa shape index (κ1) is 19.2. The molecule has 2 aromatic rings. The molecule has 1 saturated heterocycles. The Balaban J connectivity index is 1.78. The van der Waals surface area contributed by atoms with E-state index in [1.165, 1.54) is 12.1 Å². The number of morpholine rings is 1. The predicted molar refractivity (Wildman–Crippen MR) is 99.4 cm³/mol. The van der Waals surface area contributed by atoms with Crippen molar-refractivity contribution in [3.8, 4) is 17.6 Å². The maximum absolute atomic E-state index is 13.3. The van der Waals surface area contributed by atoms with E-state index in [0.717, 1.165) is 44.8 Å². The molecule has 0 radical (unpaired) electrons. The van der Waals surface area contributed by atoms with Gasteiger partial charge in [-0.15, -0.1) is 0 Å². The van der Waals surface area contributed by atoms with Crippen LogP contribution in [0, 0.1) is 17.1 Å². The molecule has 0 aliphatic carbocycles. The van der Waals surface area contributed by atoms with Gasteiger partial charge in [0.05, 0.1) is 32.0 Å². The number of ether oxygens (including phenoxy) is 3. The van der Waals surface area contributed by atoms with E-state index >= 15 is 0 Å². The van der Waals surface area contributed by atoms with E-state index in [2.05, 4.69) is 11.0 Å². The SMILES string of the molecule is COc1cc(C#N)ccc1OC(CCN1CCOCC1)c1ccc(F)cc1. The Morgan fingerprint density at radius 1 is 1.15 bits per heavy atom. The molecule has 0 saturated carbocycles. The summed E-state index contributed by atoms with van der Waals surface area (Å²) in [4.78, 5) is 2.33. The summed E-state index contributed by atoms with van der Waals surface area (Å²) in [6.07, 6.45) is 0.490. The Kier molecular flexibility index (Phi) is 6.64. The molecule has 1 unspecified atom stereocenters. The van der Waals surface area contributed by atoms with Crippen molar-refractivity contribution in [1.82, 2.24) is 4.90 Å². The molecule has 1 aliphatic heterocycles. The summed E-state index contributed by atoms with van der Waals surface area (Å²) in [5.74, 6) is 0.793. The highest BCUT2D eigenvalue weighted by molar-refractivity contribution is 5.47. The van der Waals surface area contributed by atoms with Crippen LogP contribution in [0.2, 0.25) is 0 Å². The third-order valence-electron chi connectivity index (χ3n) is 4.61. The topological polar surface area (TPSA) is 54.7 Å². The van der Waals surface area contributed by atoms with Gasteiger partial charge in [-0.3, -0.25) is 4.90 Å². The van der Waals surface area contributed by atoms with Crippen LogP contribution in [0.25, 0.3) is 0 Å². The van der Waals surface area contributed by atoms with E-state index in [9.17, 15) is 4.39 Å². The van der Waals surface area contributed by atoms with Crippen LogP contribution >= 0.6 is 0 Å². The molecule has 1 fully saturated rings. The normalized spacial score (nSPS) is 15.7. The van der Waals surface area contributed by atoms with Gasteiger partial charge in [-0.25, -0.2) is 4.39 Å². The van der Waals surface area contributed by atoms with Gasteiger partial charge in [-0.1, -0.05) is 12.1 Å². The van der Waals surface area contributed by atoms with Gasteiger partial charge in [0, 0.05) is 32.1 Å². The quantitative estimate of drug-likeness (QED) is 0.746. The number of methoxy groups -OCH3 is 1. The van der Waals surface area contributed by atoms with Crippen molar-refractivity contribution in [2.75, 3.05) is 40.0 Å². The third-order valence-corrected chi connectivity index (χ3v) is 4.61. The van der Waals surface area contributed by atoms with E-state index in [-0.39, 0.29) is 11.9 Å². The highest BCUT2D eigenvalue weighted by atomic mass is 19.1. The van der Waals surface area contributed by atoms with Crippen LogP contribution in [-0.4, -0.2) is 44.9 Å². The summed E-state index contributed by atoms with van der Waals surface area (Å²) >= 11 is 0. The second-order valence-corrected chi connectivity index (χ2v) is 6.38. The van der Waals surface area contributed by atoms with E-state index in [1.807, 2.05) is 0 Å². The summed E-state index contributed by atoms with van der Waals surface area (Å²) in [6, 6.07) is 13.6. The predicted octanol–water partition coefficient (Wildman–Crippen LogP) is 3.55. The van der Waals surface area contributed by atoms with Crippen molar-refractivity contribution < 1.29 is 18.6 Å². The molecule has 1 atom stereocenters. The minimum absolute atomic E-state index is 0.254. The summed E-state index contributed by atoms with van der Waals surface area (Å²) in [7, 11) is 1.55. The maximum atomic E-state index is 13.3. The largest absolute Gasteiger partial charge is 0.493 e. The molecule has 6 heteroatoms. The number of benzene rings is 2. The van der Waals surface area contributed by atoms with Crippen molar-refractivity contribution in [3.05, 3.63) is 59.4 Å². The van der Waals surface area contributed by atoms with Crippen LogP contribution in [0.3, 0.4) is 0 Å². The Morgan fingerprint density at radius 3 is 2.56 bits per heavy atom. The molecule has 27 heavy (non-hydrogen) atoms. The molecular formula is C21H23FN2O3. The first-order valence-corrected chi connectivity index (χ1v) is 9.00. The average molecular weight is 370 g/mol. The monoisotopic (exact) mass is 370 g/mol. The van der Waals surface area contributed by atoms with E-state index < -0.39 is 0 Å². The maximum Gasteiger partial charge on any atom is 0.162 e. The molecule has 0 amide bonds. The van der Waals surface area contributed by atoms with Crippen LogP contribution in [0.1, 0.15) is 23.7 Å². The molecule has 0 aromatic heterocycles. The summed E-state index contributed by atoms with van der Waals surface area (Å²) < 4.78 is 30.4. The van der Waals surface area contributed by atoms with Crippen LogP contribution in [0.15, 0.2) is 42.5 Å². The number of hydrogen-bond donors (Lipinski definition) is 0. The fourth-order valence-electron chi connectivity index (χ4n) is 3.08. The minimum atomic E-state index is -0.276. The molecule has 142 valence electrons. The van der Waals surface area contributed by atoms with Gasteiger partial charge in [-0.2, -0.15) is 5.26 Å². The van der Waals surface area contributed by atoms with Crippen LogP contribution in [-0.2, 0) is 4.74 Å². The molecule has 0 bridgehead atoms. The van der Waals surface area contributed by atoms with Crippen molar-refractivity contribution in [2.24, 2.45) is 0 Å². The zero-order valence-electron chi connectivity index (χ0n) is 15.4. The molecule has 1 aliphatic rings. The number of nitriles is 1. The van der Waals surface area contributed by atoms with Crippen molar-refractivity contribution >= 4 is 0 Å². The van der Waals surface area contributed by atoms with E-state index in [1.54, 1.807) is 37.4 Å². The van der Waals surface area contributed by atoms with Gasteiger partial charge in [0.25, 0.3) is 0 Å². The Morgan fingerprint density at radius 2 is 1.89 bits per heavy atom. The lowest BCUT2D eigenvalue weighted by Crippen LogP contribution is -2.37. The van der Waals surface area contributed by atoms with Gasteiger partial charge < -0.3 is 14.2 Å². The second kappa shape index (κ2) is 9.36. The van der Waals surface area contributed by atoms with Gasteiger partial charge in [0.1, 0.15) is 11.9 Å². The van der Waals surface area contributed by atoms with Gasteiger partial charge in [-0.05, 0) is 29.8 Å². The van der Waals surface area contributed by atoms with Gasteiger partial charge in [0.2, 0.25) is 0 Å². The van der Waals surface area contributed by atoms with E-state index in [4.69, 9.17) is 19.5 Å². The summed E-state index contributed by atoms with van der Waals surface area (Å²) in [6.45, 7) is 4.13.